The van der Waals surface area contributed by atoms with Gasteiger partial charge in [-0.1, -0.05) is 37.3 Å². The molecule has 0 aliphatic carbocycles. The molecular formula is C17H14N4. The van der Waals surface area contributed by atoms with Crippen molar-refractivity contribution < 1.29 is 0 Å². The predicted octanol–water partition coefficient (Wildman–Crippen LogP) is 3.51. The van der Waals surface area contributed by atoms with Crippen molar-refractivity contribution in [2.24, 2.45) is 0 Å². The highest BCUT2D eigenvalue weighted by Crippen LogP contribution is 2.22. The standard InChI is InChI=1S/C17H14N4/c1-2-12-6-5-7-13-9-10-14(18-16(12)13)17-20-19-15-8-3-4-11-21(15)17/h3-11H,2H2,1H3. The number of para-hydroxylation sites is 1. The van der Waals surface area contributed by atoms with Crippen LogP contribution < -0.4 is 0 Å². The van der Waals surface area contributed by atoms with Gasteiger partial charge in [-0.3, -0.25) is 4.40 Å². The number of aromatic nitrogens is 4. The molecule has 4 aromatic rings. The summed E-state index contributed by atoms with van der Waals surface area (Å²) in [6.45, 7) is 2.15. The van der Waals surface area contributed by atoms with Gasteiger partial charge in [-0.2, -0.15) is 0 Å². The lowest BCUT2D eigenvalue weighted by atomic mass is 10.1. The van der Waals surface area contributed by atoms with E-state index < -0.39 is 0 Å². The molecule has 0 saturated carbocycles. The number of hydrogen-bond donors (Lipinski definition) is 0. The van der Waals surface area contributed by atoms with Crippen molar-refractivity contribution in [3.63, 3.8) is 0 Å². The maximum absolute atomic E-state index is 4.82. The van der Waals surface area contributed by atoms with Gasteiger partial charge in [0.25, 0.3) is 0 Å². The van der Waals surface area contributed by atoms with E-state index in [1.807, 2.05) is 34.9 Å². The highest BCUT2D eigenvalue weighted by atomic mass is 15.2. The molecule has 4 heteroatoms. The summed E-state index contributed by atoms with van der Waals surface area (Å²) in [4.78, 5) is 4.82. The molecule has 0 spiro atoms. The van der Waals surface area contributed by atoms with Gasteiger partial charge in [0.1, 0.15) is 5.69 Å². The molecule has 0 unspecified atom stereocenters. The third kappa shape index (κ3) is 1.88. The summed E-state index contributed by atoms with van der Waals surface area (Å²) in [5.74, 6) is 0.776. The van der Waals surface area contributed by atoms with Crippen molar-refractivity contribution in [3.05, 3.63) is 60.3 Å². The Morgan fingerprint density at radius 3 is 2.81 bits per heavy atom. The Morgan fingerprint density at radius 2 is 1.90 bits per heavy atom. The van der Waals surface area contributed by atoms with Crippen LogP contribution in [0.25, 0.3) is 28.1 Å². The lowest BCUT2D eigenvalue weighted by Crippen LogP contribution is -1.94. The largest absolute Gasteiger partial charge is 0.281 e. The fourth-order valence-electron chi connectivity index (χ4n) is 2.63. The molecule has 4 nitrogen and oxygen atoms in total. The fourth-order valence-corrected chi connectivity index (χ4v) is 2.63. The third-order valence-corrected chi connectivity index (χ3v) is 3.73. The molecule has 0 saturated heterocycles. The van der Waals surface area contributed by atoms with Crippen molar-refractivity contribution in [3.8, 4) is 11.5 Å². The smallest absolute Gasteiger partial charge is 0.187 e. The van der Waals surface area contributed by atoms with Gasteiger partial charge in [-0.05, 0) is 30.2 Å². The lowest BCUT2D eigenvalue weighted by molar-refractivity contribution is 1.09. The van der Waals surface area contributed by atoms with E-state index >= 15 is 0 Å². The monoisotopic (exact) mass is 274 g/mol. The van der Waals surface area contributed by atoms with Crippen LogP contribution in [0.5, 0.6) is 0 Å². The Hall–Kier alpha value is -2.75. The van der Waals surface area contributed by atoms with Crippen molar-refractivity contribution in [2.75, 3.05) is 0 Å². The summed E-state index contributed by atoms with van der Waals surface area (Å²) in [6, 6.07) is 16.3. The molecule has 0 bridgehead atoms. The van der Waals surface area contributed by atoms with E-state index in [1.54, 1.807) is 0 Å². The minimum absolute atomic E-state index is 0.776. The van der Waals surface area contributed by atoms with Gasteiger partial charge in [0.05, 0.1) is 5.52 Å². The zero-order valence-corrected chi connectivity index (χ0v) is 11.7. The van der Waals surface area contributed by atoms with E-state index in [-0.39, 0.29) is 0 Å². The average Bonchev–Trinajstić information content (AvgIpc) is 2.98. The first-order valence-corrected chi connectivity index (χ1v) is 7.05. The molecule has 0 fully saturated rings. The second-order valence-electron chi connectivity index (χ2n) is 4.99. The van der Waals surface area contributed by atoms with E-state index in [0.29, 0.717) is 0 Å². The molecule has 3 aromatic heterocycles. The van der Waals surface area contributed by atoms with Gasteiger partial charge >= 0.3 is 0 Å². The zero-order valence-electron chi connectivity index (χ0n) is 11.7. The normalized spacial score (nSPS) is 11.3. The van der Waals surface area contributed by atoms with Crippen LogP contribution in [0.3, 0.4) is 0 Å². The molecule has 0 N–H and O–H groups in total. The van der Waals surface area contributed by atoms with Crippen molar-refractivity contribution in [1.29, 1.82) is 0 Å². The quantitative estimate of drug-likeness (QED) is 0.562. The summed E-state index contributed by atoms with van der Waals surface area (Å²) in [7, 11) is 0. The average molecular weight is 274 g/mol. The number of rotatable bonds is 2. The van der Waals surface area contributed by atoms with E-state index in [0.717, 1.165) is 34.5 Å². The van der Waals surface area contributed by atoms with Crippen LogP contribution in [0, 0.1) is 0 Å². The third-order valence-electron chi connectivity index (χ3n) is 3.73. The highest BCUT2D eigenvalue weighted by molar-refractivity contribution is 5.84. The van der Waals surface area contributed by atoms with Crippen molar-refractivity contribution >= 4 is 16.6 Å². The number of aryl methyl sites for hydroxylation is 1. The Kier molecular flexibility index (Phi) is 2.67. The Labute approximate surface area is 122 Å². The maximum Gasteiger partial charge on any atom is 0.187 e. The van der Waals surface area contributed by atoms with Crippen LogP contribution in [0.2, 0.25) is 0 Å². The van der Waals surface area contributed by atoms with Crippen molar-refractivity contribution in [2.45, 2.75) is 13.3 Å². The predicted molar refractivity (Wildman–Crippen MR) is 83.1 cm³/mol. The van der Waals surface area contributed by atoms with Crippen LogP contribution in [0.1, 0.15) is 12.5 Å². The molecule has 102 valence electrons. The molecule has 0 aliphatic heterocycles. The van der Waals surface area contributed by atoms with Gasteiger partial charge in [0.2, 0.25) is 0 Å². The van der Waals surface area contributed by atoms with Gasteiger partial charge in [0, 0.05) is 11.6 Å². The fraction of sp³-hybridized carbons (Fsp3) is 0.118. The first kappa shape index (κ1) is 12.0. The molecule has 0 aliphatic rings. The second kappa shape index (κ2) is 4.66. The number of fused-ring (bicyclic) bond motifs is 2. The number of benzene rings is 1. The Morgan fingerprint density at radius 1 is 0.952 bits per heavy atom. The molecule has 1 aromatic carbocycles. The van der Waals surface area contributed by atoms with Gasteiger partial charge in [-0.25, -0.2) is 4.98 Å². The Bertz CT molecular complexity index is 940. The van der Waals surface area contributed by atoms with Gasteiger partial charge < -0.3 is 0 Å². The van der Waals surface area contributed by atoms with E-state index in [4.69, 9.17) is 4.98 Å². The minimum atomic E-state index is 0.776. The minimum Gasteiger partial charge on any atom is -0.281 e. The Balaban J connectivity index is 1.98. The van der Waals surface area contributed by atoms with E-state index in [1.165, 1.54) is 5.56 Å². The lowest BCUT2D eigenvalue weighted by Gasteiger charge is -2.05. The summed E-state index contributed by atoms with van der Waals surface area (Å²) in [5, 5.41) is 9.63. The van der Waals surface area contributed by atoms with E-state index in [9.17, 15) is 0 Å². The van der Waals surface area contributed by atoms with Crippen LogP contribution in [-0.2, 0) is 6.42 Å². The first-order valence-electron chi connectivity index (χ1n) is 7.05. The van der Waals surface area contributed by atoms with Gasteiger partial charge in [-0.15, -0.1) is 10.2 Å². The van der Waals surface area contributed by atoms with Crippen LogP contribution in [-0.4, -0.2) is 19.6 Å². The SMILES string of the molecule is CCc1cccc2ccc(-c3nnc4ccccn34)nc12. The number of nitrogens with zero attached hydrogens (tertiary/aromatic N) is 4. The topological polar surface area (TPSA) is 43.1 Å². The first-order chi connectivity index (χ1) is 10.4. The van der Waals surface area contributed by atoms with E-state index in [2.05, 4.69) is 41.4 Å². The van der Waals surface area contributed by atoms with Gasteiger partial charge in [0.15, 0.2) is 11.5 Å². The van der Waals surface area contributed by atoms with Crippen LogP contribution in [0.15, 0.2) is 54.7 Å². The molecule has 0 radical (unpaired) electrons. The van der Waals surface area contributed by atoms with Crippen LogP contribution >= 0.6 is 0 Å². The summed E-state index contributed by atoms with van der Waals surface area (Å²) >= 11 is 0. The molecule has 4 rings (SSSR count). The summed E-state index contributed by atoms with van der Waals surface area (Å²) in [6.07, 6.45) is 2.93. The number of hydrogen-bond acceptors (Lipinski definition) is 3. The maximum atomic E-state index is 4.82. The molecule has 0 atom stereocenters. The molecule has 3 heterocycles. The molecule has 0 amide bonds. The molecular weight excluding hydrogens is 260 g/mol. The zero-order chi connectivity index (χ0) is 14.2. The molecule has 21 heavy (non-hydrogen) atoms. The number of pyridine rings is 2. The summed E-state index contributed by atoms with van der Waals surface area (Å²) in [5.41, 5.74) is 3.98. The van der Waals surface area contributed by atoms with Crippen molar-refractivity contribution in [1.82, 2.24) is 19.6 Å². The summed E-state index contributed by atoms with van der Waals surface area (Å²) < 4.78 is 1.96. The highest BCUT2D eigenvalue weighted by Gasteiger charge is 2.10. The van der Waals surface area contributed by atoms with Crippen LogP contribution in [0.4, 0.5) is 0 Å². The second-order valence-corrected chi connectivity index (χ2v) is 4.99.